The van der Waals surface area contributed by atoms with Crippen molar-refractivity contribution in [3.05, 3.63) is 97.2 Å². The van der Waals surface area contributed by atoms with Crippen LogP contribution in [-0.2, 0) is 18.4 Å². The summed E-state index contributed by atoms with van der Waals surface area (Å²) in [6, 6.07) is -0.915. The first kappa shape index (κ1) is 77.4. The summed E-state index contributed by atoms with van der Waals surface area (Å²) in [5.41, 5.74) is 0. The van der Waals surface area contributed by atoms with Crippen molar-refractivity contribution in [2.75, 3.05) is 40.9 Å². The number of allylic oxidation sites excluding steroid dienone is 15. The third kappa shape index (κ3) is 63.0. The summed E-state index contributed by atoms with van der Waals surface area (Å²) in [7, 11) is 1.24. The van der Waals surface area contributed by atoms with E-state index in [1.807, 2.05) is 27.2 Å². The minimum Gasteiger partial charge on any atom is -0.756 e. The Kier molecular flexibility index (Phi) is 59.0. The maximum absolute atomic E-state index is 13.0. The Balaban J connectivity index is 4.11. The van der Waals surface area contributed by atoms with Crippen LogP contribution < -0.4 is 10.2 Å². The van der Waals surface area contributed by atoms with Gasteiger partial charge in [0.25, 0.3) is 7.82 Å². The van der Waals surface area contributed by atoms with Crippen LogP contribution >= 0.6 is 7.82 Å². The number of carbonyl (C=O) groups is 1. The Morgan fingerprint density at radius 1 is 0.450 bits per heavy atom. The van der Waals surface area contributed by atoms with Crippen molar-refractivity contribution in [2.45, 2.75) is 309 Å². The number of nitrogens with one attached hydrogen (secondary N) is 1. The predicted molar refractivity (Wildman–Crippen MR) is 348 cm³/mol. The van der Waals surface area contributed by atoms with Crippen molar-refractivity contribution in [2.24, 2.45) is 0 Å². The molecule has 0 spiro atoms. The molecule has 3 unspecified atom stereocenters. The van der Waals surface area contributed by atoms with Gasteiger partial charge in [0.2, 0.25) is 5.91 Å². The first-order valence-electron chi connectivity index (χ1n) is 33.6. The number of unbranched alkanes of at least 4 members (excludes halogenated alkanes) is 34. The van der Waals surface area contributed by atoms with Gasteiger partial charge in [-0.15, -0.1) is 0 Å². The number of nitrogens with zero attached hydrogens (tertiary/aromatic N) is 1. The van der Waals surface area contributed by atoms with Crippen LogP contribution in [0.15, 0.2) is 97.2 Å². The van der Waals surface area contributed by atoms with E-state index in [0.29, 0.717) is 17.4 Å². The maximum Gasteiger partial charge on any atom is 0.268 e. The van der Waals surface area contributed by atoms with Crippen LogP contribution in [0.2, 0.25) is 0 Å². The summed E-state index contributed by atoms with van der Waals surface area (Å²) in [4.78, 5) is 25.6. The molecular weight excluding hydrogens is 1010 g/mol. The molecule has 0 aliphatic heterocycles. The minimum absolute atomic E-state index is 0.0110. The highest BCUT2D eigenvalue weighted by molar-refractivity contribution is 7.45. The fourth-order valence-corrected chi connectivity index (χ4v) is 10.3. The fourth-order valence-electron chi connectivity index (χ4n) is 9.57. The van der Waals surface area contributed by atoms with E-state index in [-0.39, 0.29) is 12.5 Å². The van der Waals surface area contributed by atoms with Crippen LogP contribution in [0.1, 0.15) is 296 Å². The number of carbonyl (C=O) groups excluding carboxylic acids is 1. The van der Waals surface area contributed by atoms with Gasteiger partial charge >= 0.3 is 0 Å². The molecule has 0 saturated carbocycles. The zero-order chi connectivity index (χ0) is 58.4. The number of phosphoric acid groups is 1. The van der Waals surface area contributed by atoms with Gasteiger partial charge in [0, 0.05) is 6.42 Å². The van der Waals surface area contributed by atoms with Gasteiger partial charge in [0.1, 0.15) is 13.2 Å². The zero-order valence-electron chi connectivity index (χ0n) is 53.0. The summed E-state index contributed by atoms with van der Waals surface area (Å²) < 4.78 is 23.4. The van der Waals surface area contributed by atoms with E-state index in [0.717, 1.165) is 77.0 Å². The van der Waals surface area contributed by atoms with Crippen molar-refractivity contribution in [3.63, 3.8) is 0 Å². The number of quaternary nitrogens is 1. The molecule has 0 aliphatic carbocycles. The number of hydrogen-bond acceptors (Lipinski definition) is 6. The summed E-state index contributed by atoms with van der Waals surface area (Å²) in [6.45, 7) is 4.53. The summed E-state index contributed by atoms with van der Waals surface area (Å²) in [6.07, 6.45) is 88.1. The Labute approximate surface area is 496 Å². The lowest BCUT2D eigenvalue weighted by Gasteiger charge is -2.29. The lowest BCUT2D eigenvalue weighted by molar-refractivity contribution is -0.870. The van der Waals surface area contributed by atoms with Crippen molar-refractivity contribution in [3.8, 4) is 0 Å². The van der Waals surface area contributed by atoms with E-state index in [1.54, 1.807) is 6.08 Å². The number of phosphoric ester groups is 1. The Morgan fingerprint density at radius 2 is 0.775 bits per heavy atom. The molecule has 80 heavy (non-hydrogen) atoms. The third-order valence-corrected chi connectivity index (χ3v) is 15.7. The van der Waals surface area contributed by atoms with Crippen LogP contribution in [-0.4, -0.2) is 68.5 Å². The molecule has 0 radical (unpaired) electrons. The molecule has 2 N–H and O–H groups in total. The number of aliphatic hydroxyl groups excluding tert-OH is 1. The quantitative estimate of drug-likeness (QED) is 0.0272. The Hall–Kier alpha value is -2.58. The smallest absolute Gasteiger partial charge is 0.268 e. The molecule has 0 saturated heterocycles. The molecule has 0 aromatic rings. The van der Waals surface area contributed by atoms with E-state index < -0.39 is 26.6 Å². The van der Waals surface area contributed by atoms with E-state index in [9.17, 15) is 19.4 Å². The number of hydrogen-bond donors (Lipinski definition) is 2. The highest BCUT2D eigenvalue weighted by Gasteiger charge is 2.23. The number of aliphatic hydroxyl groups is 1. The van der Waals surface area contributed by atoms with Gasteiger partial charge in [0.05, 0.1) is 39.9 Å². The van der Waals surface area contributed by atoms with Gasteiger partial charge in [-0.1, -0.05) is 297 Å². The molecule has 9 heteroatoms. The average Bonchev–Trinajstić information content (AvgIpc) is 3.42. The van der Waals surface area contributed by atoms with Crippen LogP contribution in [0.4, 0.5) is 0 Å². The molecule has 0 aromatic carbocycles. The second-order valence-corrected chi connectivity index (χ2v) is 25.2. The first-order valence-corrected chi connectivity index (χ1v) is 35.1. The second-order valence-electron chi connectivity index (χ2n) is 23.8. The Morgan fingerprint density at radius 3 is 1.16 bits per heavy atom. The zero-order valence-corrected chi connectivity index (χ0v) is 53.9. The standard InChI is InChI=1S/C71H129N2O6P/c1-6-8-10-12-14-16-18-20-22-24-26-28-30-31-32-33-34-35-36-37-38-39-40-41-43-45-47-49-51-53-55-57-59-61-63-65-71(75)72-69(68-79-80(76,77)78-67-66-73(3,4)5)70(74)64-62-60-58-56-54-52-50-48-46-44-42-29-27-25-23-21-19-17-15-13-11-9-7-2/h8,10,14,16,20,22,26,28,31-32,46,48,54,56,62,64,69-70,74H,6-7,9,11-13,15,17-19,21,23-25,27,29-30,33-45,47,49-53,55,57-61,63,65-68H2,1-5H3,(H-,72,75,76,77)/b10-8-,16-14-,22-20-,28-26-,32-31-,48-46+,56-54+,64-62+. The Bertz CT molecular complexity index is 1620. The maximum atomic E-state index is 13.0. The van der Waals surface area contributed by atoms with E-state index in [4.69, 9.17) is 9.05 Å². The van der Waals surface area contributed by atoms with Gasteiger partial charge < -0.3 is 28.8 Å². The lowest BCUT2D eigenvalue weighted by atomic mass is 10.0. The van der Waals surface area contributed by atoms with Crippen LogP contribution in [0.5, 0.6) is 0 Å². The highest BCUT2D eigenvalue weighted by atomic mass is 31.2. The van der Waals surface area contributed by atoms with Crippen LogP contribution in [0.25, 0.3) is 0 Å². The summed E-state index contributed by atoms with van der Waals surface area (Å²) >= 11 is 0. The largest absolute Gasteiger partial charge is 0.756 e. The SMILES string of the molecule is CC/C=C\C/C=C\C/C=C\C/C=C\C/C=C\CCCCCCCCCCCCCCCCCCCCCC(=O)NC(COP(=O)([O-])OCC[N+](C)(C)C)C(O)/C=C/CC/C=C/CC/C=C/CCCCCCCCCCCCCCC. The highest BCUT2D eigenvalue weighted by Crippen LogP contribution is 2.38. The van der Waals surface area contributed by atoms with Gasteiger partial charge in [-0.3, -0.25) is 9.36 Å². The van der Waals surface area contributed by atoms with Gasteiger partial charge in [-0.2, -0.15) is 0 Å². The molecule has 0 heterocycles. The number of likely N-dealkylation sites (N-methyl/N-ethyl adjacent to an activating group) is 1. The van der Waals surface area contributed by atoms with E-state index >= 15 is 0 Å². The molecule has 8 nitrogen and oxygen atoms in total. The minimum atomic E-state index is -4.62. The average molecular weight is 1140 g/mol. The van der Waals surface area contributed by atoms with E-state index in [1.165, 1.54) is 199 Å². The summed E-state index contributed by atoms with van der Waals surface area (Å²) in [5, 5.41) is 13.9. The topological polar surface area (TPSA) is 108 Å². The van der Waals surface area contributed by atoms with Gasteiger partial charge in [-0.05, 0) is 89.9 Å². The molecule has 0 aliphatic rings. The van der Waals surface area contributed by atoms with Crippen molar-refractivity contribution in [1.82, 2.24) is 5.32 Å². The number of rotatable bonds is 61. The van der Waals surface area contributed by atoms with Gasteiger partial charge in [-0.25, -0.2) is 0 Å². The van der Waals surface area contributed by atoms with Crippen molar-refractivity contribution in [1.29, 1.82) is 0 Å². The molecule has 0 aromatic heterocycles. The lowest BCUT2D eigenvalue weighted by Crippen LogP contribution is -2.45. The summed E-state index contributed by atoms with van der Waals surface area (Å²) in [5.74, 6) is -0.210. The first-order chi connectivity index (χ1) is 39.0. The van der Waals surface area contributed by atoms with Crippen LogP contribution in [0.3, 0.4) is 0 Å². The van der Waals surface area contributed by atoms with E-state index in [2.05, 4.69) is 104 Å². The molecule has 464 valence electrons. The molecule has 1 amide bonds. The van der Waals surface area contributed by atoms with Gasteiger partial charge in [0.15, 0.2) is 0 Å². The van der Waals surface area contributed by atoms with Crippen molar-refractivity contribution >= 4 is 13.7 Å². The molecule has 3 atom stereocenters. The monoisotopic (exact) mass is 1140 g/mol. The number of amides is 1. The van der Waals surface area contributed by atoms with Crippen molar-refractivity contribution < 1.29 is 32.9 Å². The molecular formula is C71H129N2O6P. The normalized spacial score (nSPS) is 14.3. The van der Waals surface area contributed by atoms with Crippen LogP contribution in [0, 0.1) is 0 Å². The molecule has 0 rings (SSSR count). The predicted octanol–water partition coefficient (Wildman–Crippen LogP) is 20.7. The molecule has 0 fully saturated rings. The fraction of sp³-hybridized carbons (Fsp3) is 0.761. The second kappa shape index (κ2) is 61.0. The third-order valence-electron chi connectivity index (χ3n) is 14.8. The molecule has 0 bridgehead atoms.